The van der Waals surface area contributed by atoms with Crippen LogP contribution in [0.1, 0.15) is 5.56 Å². The van der Waals surface area contributed by atoms with Crippen molar-refractivity contribution in [1.29, 1.82) is 0 Å². The zero-order chi connectivity index (χ0) is 9.80. The first-order chi connectivity index (χ1) is 6.84. The number of nitrogens with zero attached hydrogens (tertiary/aromatic N) is 2. The Hall–Kier alpha value is -1.77. The minimum absolute atomic E-state index is 0.840. The van der Waals surface area contributed by atoms with E-state index >= 15 is 0 Å². The van der Waals surface area contributed by atoms with Crippen LogP contribution >= 0.6 is 0 Å². The highest BCUT2D eigenvalue weighted by molar-refractivity contribution is 5.38. The summed E-state index contributed by atoms with van der Waals surface area (Å²) in [4.78, 5) is 0. The quantitative estimate of drug-likeness (QED) is 0.796. The summed E-state index contributed by atoms with van der Waals surface area (Å²) in [6.07, 6.45) is 3.78. The summed E-state index contributed by atoms with van der Waals surface area (Å²) in [5.74, 6) is 0. The number of hydrogen-bond donors (Lipinski definition) is 1. The van der Waals surface area contributed by atoms with Crippen molar-refractivity contribution in [2.75, 3.05) is 5.32 Å². The topological polar surface area (TPSA) is 29.9 Å². The van der Waals surface area contributed by atoms with E-state index in [1.54, 1.807) is 4.68 Å². The number of aryl methyl sites for hydroxylation is 1. The summed E-state index contributed by atoms with van der Waals surface area (Å²) >= 11 is 0. The minimum atomic E-state index is 0.840. The summed E-state index contributed by atoms with van der Waals surface area (Å²) in [7, 11) is 1.91. The third kappa shape index (κ3) is 2.13. The van der Waals surface area contributed by atoms with Crippen molar-refractivity contribution in [1.82, 2.24) is 9.78 Å². The average Bonchev–Trinajstić information content (AvgIpc) is 2.63. The first-order valence-electron chi connectivity index (χ1n) is 4.61. The molecular formula is C11H13N3. The molecule has 0 bridgehead atoms. The van der Waals surface area contributed by atoms with Gasteiger partial charge in [0.25, 0.3) is 0 Å². The van der Waals surface area contributed by atoms with Crippen molar-refractivity contribution >= 4 is 5.69 Å². The second-order valence-corrected chi connectivity index (χ2v) is 3.24. The molecule has 0 radical (unpaired) electrons. The highest BCUT2D eigenvalue weighted by atomic mass is 15.3. The molecule has 0 unspecified atom stereocenters. The maximum atomic E-state index is 4.08. The molecule has 0 spiro atoms. The van der Waals surface area contributed by atoms with Crippen molar-refractivity contribution in [2.24, 2.45) is 7.05 Å². The fourth-order valence-electron chi connectivity index (χ4n) is 1.31. The van der Waals surface area contributed by atoms with Gasteiger partial charge in [-0.15, -0.1) is 0 Å². The molecule has 1 heterocycles. The Morgan fingerprint density at radius 2 is 2.07 bits per heavy atom. The first kappa shape index (κ1) is 8.81. The summed E-state index contributed by atoms with van der Waals surface area (Å²) in [6, 6.07) is 10.3. The Kier molecular flexibility index (Phi) is 2.49. The van der Waals surface area contributed by atoms with Crippen LogP contribution in [0, 0.1) is 0 Å². The molecule has 72 valence electrons. The molecule has 0 fully saturated rings. The molecule has 3 nitrogen and oxygen atoms in total. The standard InChI is InChI=1S/C11H13N3/c1-14-9-11(8-13-14)12-7-10-5-3-2-4-6-10/h2-6,8-9,12H,7H2,1H3. The van der Waals surface area contributed by atoms with Crippen LogP contribution in [-0.2, 0) is 13.6 Å². The Labute approximate surface area is 83.4 Å². The zero-order valence-electron chi connectivity index (χ0n) is 8.14. The third-order valence-corrected chi connectivity index (χ3v) is 2.04. The van der Waals surface area contributed by atoms with Gasteiger partial charge in [0.15, 0.2) is 0 Å². The molecule has 0 aliphatic carbocycles. The molecule has 0 aliphatic rings. The molecule has 14 heavy (non-hydrogen) atoms. The maximum absolute atomic E-state index is 4.08. The monoisotopic (exact) mass is 187 g/mol. The molecule has 0 amide bonds. The summed E-state index contributed by atoms with van der Waals surface area (Å²) in [5.41, 5.74) is 2.33. The fraction of sp³-hybridized carbons (Fsp3) is 0.182. The van der Waals surface area contributed by atoms with Crippen molar-refractivity contribution in [3.05, 3.63) is 48.3 Å². The van der Waals surface area contributed by atoms with E-state index in [0.29, 0.717) is 0 Å². The smallest absolute Gasteiger partial charge is 0.0729 e. The van der Waals surface area contributed by atoms with Crippen LogP contribution in [0.5, 0.6) is 0 Å². The molecule has 1 aromatic carbocycles. The van der Waals surface area contributed by atoms with Crippen LogP contribution in [-0.4, -0.2) is 9.78 Å². The second-order valence-electron chi connectivity index (χ2n) is 3.24. The molecular weight excluding hydrogens is 174 g/mol. The number of benzene rings is 1. The molecule has 1 aromatic heterocycles. The van der Waals surface area contributed by atoms with Gasteiger partial charge < -0.3 is 5.32 Å². The first-order valence-corrected chi connectivity index (χ1v) is 4.61. The van der Waals surface area contributed by atoms with Gasteiger partial charge in [-0.2, -0.15) is 5.10 Å². The second kappa shape index (κ2) is 3.96. The Bertz CT molecular complexity index is 392. The largest absolute Gasteiger partial charge is 0.378 e. The van der Waals surface area contributed by atoms with Crippen LogP contribution < -0.4 is 5.32 Å². The van der Waals surface area contributed by atoms with Gasteiger partial charge in [-0.25, -0.2) is 0 Å². The normalized spacial score (nSPS) is 10.1. The Balaban J connectivity index is 1.95. The van der Waals surface area contributed by atoms with Crippen LogP contribution in [0.2, 0.25) is 0 Å². The highest BCUT2D eigenvalue weighted by Crippen LogP contribution is 2.06. The molecule has 0 aliphatic heterocycles. The van der Waals surface area contributed by atoms with E-state index < -0.39 is 0 Å². The van der Waals surface area contributed by atoms with Gasteiger partial charge in [0.1, 0.15) is 0 Å². The van der Waals surface area contributed by atoms with Gasteiger partial charge in [-0.1, -0.05) is 30.3 Å². The molecule has 2 aromatic rings. The number of anilines is 1. The Morgan fingerprint density at radius 3 is 2.71 bits per heavy atom. The fourth-order valence-corrected chi connectivity index (χ4v) is 1.31. The van der Waals surface area contributed by atoms with Crippen molar-refractivity contribution < 1.29 is 0 Å². The molecule has 0 saturated heterocycles. The Morgan fingerprint density at radius 1 is 1.29 bits per heavy atom. The van der Waals surface area contributed by atoms with Gasteiger partial charge >= 0.3 is 0 Å². The lowest BCUT2D eigenvalue weighted by molar-refractivity contribution is 0.768. The van der Waals surface area contributed by atoms with Crippen LogP contribution in [0.15, 0.2) is 42.7 Å². The third-order valence-electron chi connectivity index (χ3n) is 2.04. The summed E-state index contributed by atoms with van der Waals surface area (Å²) in [5, 5.41) is 7.38. The van der Waals surface area contributed by atoms with Gasteiger partial charge in [0, 0.05) is 19.8 Å². The minimum Gasteiger partial charge on any atom is -0.378 e. The number of hydrogen-bond acceptors (Lipinski definition) is 2. The molecule has 3 heteroatoms. The SMILES string of the molecule is Cn1cc(NCc2ccccc2)cn1. The molecule has 0 saturated carbocycles. The van der Waals surface area contributed by atoms with E-state index in [-0.39, 0.29) is 0 Å². The number of nitrogens with one attached hydrogen (secondary N) is 1. The van der Waals surface area contributed by atoms with Gasteiger partial charge in [-0.3, -0.25) is 4.68 Å². The molecule has 2 rings (SSSR count). The van der Waals surface area contributed by atoms with Crippen LogP contribution in [0.3, 0.4) is 0 Å². The summed E-state index contributed by atoms with van der Waals surface area (Å²) in [6.45, 7) is 0.840. The lowest BCUT2D eigenvalue weighted by Gasteiger charge is -2.02. The zero-order valence-corrected chi connectivity index (χ0v) is 8.14. The van der Waals surface area contributed by atoms with Crippen molar-refractivity contribution in [3.63, 3.8) is 0 Å². The van der Waals surface area contributed by atoms with E-state index in [2.05, 4.69) is 22.5 Å². The average molecular weight is 187 g/mol. The van der Waals surface area contributed by atoms with E-state index in [4.69, 9.17) is 0 Å². The summed E-state index contributed by atoms with van der Waals surface area (Å²) < 4.78 is 1.79. The lowest BCUT2D eigenvalue weighted by atomic mass is 10.2. The van der Waals surface area contributed by atoms with E-state index in [1.165, 1.54) is 5.56 Å². The van der Waals surface area contributed by atoms with E-state index in [9.17, 15) is 0 Å². The lowest BCUT2D eigenvalue weighted by Crippen LogP contribution is -1.97. The predicted octanol–water partition coefficient (Wildman–Crippen LogP) is 2.03. The molecule has 1 N–H and O–H groups in total. The van der Waals surface area contributed by atoms with Crippen LogP contribution in [0.4, 0.5) is 5.69 Å². The van der Waals surface area contributed by atoms with Crippen LogP contribution in [0.25, 0.3) is 0 Å². The van der Waals surface area contributed by atoms with E-state index in [0.717, 1.165) is 12.2 Å². The molecule has 0 atom stereocenters. The van der Waals surface area contributed by atoms with Crippen molar-refractivity contribution in [2.45, 2.75) is 6.54 Å². The van der Waals surface area contributed by atoms with E-state index in [1.807, 2.05) is 37.6 Å². The highest BCUT2D eigenvalue weighted by Gasteiger charge is 1.94. The number of rotatable bonds is 3. The maximum Gasteiger partial charge on any atom is 0.0729 e. The van der Waals surface area contributed by atoms with Gasteiger partial charge in [-0.05, 0) is 5.56 Å². The van der Waals surface area contributed by atoms with Gasteiger partial charge in [0.05, 0.1) is 11.9 Å². The van der Waals surface area contributed by atoms with Crippen molar-refractivity contribution in [3.8, 4) is 0 Å². The predicted molar refractivity (Wildman–Crippen MR) is 57.0 cm³/mol. The number of aromatic nitrogens is 2. The van der Waals surface area contributed by atoms with Gasteiger partial charge in [0.2, 0.25) is 0 Å².